The van der Waals surface area contributed by atoms with E-state index in [4.69, 9.17) is 11.6 Å². The molecule has 3 fully saturated rings. The van der Waals surface area contributed by atoms with Crippen molar-refractivity contribution in [2.24, 2.45) is 17.8 Å². The van der Waals surface area contributed by atoms with Crippen LogP contribution in [-0.4, -0.2) is 32.1 Å². The molecule has 3 aliphatic rings. The molecule has 8 heteroatoms. The van der Waals surface area contributed by atoms with E-state index in [9.17, 15) is 9.90 Å². The van der Waals surface area contributed by atoms with E-state index in [1.54, 1.807) is 24.4 Å². The van der Waals surface area contributed by atoms with Crippen molar-refractivity contribution < 1.29 is 14.3 Å². The van der Waals surface area contributed by atoms with Crippen molar-refractivity contribution in [3.63, 3.8) is 0 Å². The summed E-state index contributed by atoms with van der Waals surface area (Å²) in [4.78, 5) is 23.8. The summed E-state index contributed by atoms with van der Waals surface area (Å²) in [6.07, 6.45) is 5.25. The van der Waals surface area contributed by atoms with Crippen LogP contribution in [-0.2, 0) is 4.79 Å². The van der Waals surface area contributed by atoms with E-state index in [1.807, 2.05) is 0 Å². The van der Waals surface area contributed by atoms with Gasteiger partial charge in [-0.15, -0.1) is 0 Å². The minimum atomic E-state index is -0.845. The highest BCUT2D eigenvalue weighted by molar-refractivity contribution is 6.28. The number of aromatic nitrogens is 3. The van der Waals surface area contributed by atoms with Crippen LogP contribution in [0.3, 0.4) is 0 Å². The smallest absolute Gasteiger partial charge is 0.308 e. The number of hydrogen-bond donors (Lipinski definition) is 2. The lowest BCUT2D eigenvalue weighted by molar-refractivity contribution is -0.148. The molecular weight excluding hydrogens is 359 g/mol. The van der Waals surface area contributed by atoms with Gasteiger partial charge in [-0.2, -0.15) is 4.98 Å². The molecule has 5 rings (SSSR count). The number of rotatable bonds is 4. The van der Waals surface area contributed by atoms with Crippen LogP contribution >= 0.6 is 11.6 Å². The monoisotopic (exact) mass is 376 g/mol. The first-order valence-electron chi connectivity index (χ1n) is 8.68. The van der Waals surface area contributed by atoms with E-state index in [0.29, 0.717) is 5.69 Å². The van der Waals surface area contributed by atoms with Crippen molar-refractivity contribution in [2.45, 2.75) is 31.7 Å². The van der Waals surface area contributed by atoms with Crippen LogP contribution in [0.1, 0.15) is 25.7 Å². The van der Waals surface area contributed by atoms with E-state index in [1.165, 1.54) is 0 Å². The number of carboxylic acids is 1. The number of aliphatic carboxylic acids is 1. The fourth-order valence-corrected chi connectivity index (χ4v) is 4.53. The first-order chi connectivity index (χ1) is 12.5. The maximum atomic E-state index is 15.0. The summed E-state index contributed by atoms with van der Waals surface area (Å²) in [6.45, 7) is 0. The third-order valence-electron chi connectivity index (χ3n) is 5.54. The highest BCUT2D eigenvalue weighted by Gasteiger charge is 2.47. The molecule has 0 saturated heterocycles. The molecular formula is C18H18ClFN4O2. The molecule has 0 spiro atoms. The van der Waals surface area contributed by atoms with Crippen molar-refractivity contribution in [3.05, 3.63) is 35.5 Å². The van der Waals surface area contributed by atoms with Crippen molar-refractivity contribution in [1.29, 1.82) is 0 Å². The molecule has 2 aromatic rings. The minimum absolute atomic E-state index is 0.000874. The molecule has 2 bridgehead atoms. The second-order valence-corrected chi connectivity index (χ2v) is 7.27. The van der Waals surface area contributed by atoms with Crippen LogP contribution in [0, 0.1) is 23.6 Å². The predicted octanol–water partition coefficient (Wildman–Crippen LogP) is 3.63. The number of halogens is 2. The summed E-state index contributed by atoms with van der Waals surface area (Å²) in [7, 11) is 0. The molecule has 2 N–H and O–H groups in total. The molecule has 3 saturated carbocycles. The summed E-state index contributed by atoms with van der Waals surface area (Å²) in [5, 5.41) is 12.6. The molecule has 2 aromatic heterocycles. The zero-order chi connectivity index (χ0) is 18.3. The predicted molar refractivity (Wildman–Crippen MR) is 94.2 cm³/mol. The lowest BCUT2D eigenvalue weighted by Crippen LogP contribution is -2.51. The van der Waals surface area contributed by atoms with Gasteiger partial charge < -0.3 is 10.4 Å². The Bertz CT molecular complexity index is 827. The number of carboxylic acid groups (broad SMARTS) is 1. The molecule has 6 nitrogen and oxygen atoms in total. The van der Waals surface area contributed by atoms with Crippen LogP contribution in [0.4, 0.5) is 10.2 Å². The number of hydrogen-bond acceptors (Lipinski definition) is 5. The van der Waals surface area contributed by atoms with Crippen LogP contribution in [0.15, 0.2) is 24.4 Å². The lowest BCUT2D eigenvalue weighted by Gasteiger charge is -2.47. The number of pyridine rings is 1. The zero-order valence-electron chi connectivity index (χ0n) is 13.9. The number of fused-ring (bicyclic) bond motifs is 3. The highest BCUT2D eigenvalue weighted by Crippen LogP contribution is 2.46. The van der Waals surface area contributed by atoms with E-state index in [2.05, 4.69) is 20.3 Å². The topological polar surface area (TPSA) is 88.0 Å². The molecule has 0 aliphatic heterocycles. The molecule has 0 aromatic carbocycles. The number of carbonyl (C=O) groups is 1. The Hall–Kier alpha value is -2.28. The van der Waals surface area contributed by atoms with Crippen LogP contribution in [0.25, 0.3) is 11.4 Å². The Labute approximate surface area is 154 Å². The molecule has 0 amide bonds. The van der Waals surface area contributed by atoms with Gasteiger partial charge >= 0.3 is 5.97 Å². The molecule has 2 unspecified atom stereocenters. The van der Waals surface area contributed by atoms with Gasteiger partial charge in [0.05, 0.1) is 11.6 Å². The zero-order valence-corrected chi connectivity index (χ0v) is 14.7. The van der Waals surface area contributed by atoms with E-state index in [-0.39, 0.29) is 34.7 Å². The normalized spacial score (nSPS) is 27.3. The average molecular weight is 377 g/mol. The third kappa shape index (κ3) is 3.00. The summed E-state index contributed by atoms with van der Waals surface area (Å²) in [5.41, 5.74) is 0.346. The van der Waals surface area contributed by atoms with Gasteiger partial charge in [-0.1, -0.05) is 6.07 Å². The SMILES string of the molecule is O=C(O)C1C2CCC(CC2)C1Nc1nc(Cl)nc(-c2ccccn2)c1F. The lowest BCUT2D eigenvalue weighted by atomic mass is 9.61. The molecule has 26 heavy (non-hydrogen) atoms. The van der Waals surface area contributed by atoms with Crippen LogP contribution < -0.4 is 5.32 Å². The molecule has 136 valence electrons. The van der Waals surface area contributed by atoms with E-state index < -0.39 is 17.7 Å². The van der Waals surface area contributed by atoms with Crippen molar-refractivity contribution >= 4 is 23.4 Å². The summed E-state index contributed by atoms with van der Waals surface area (Å²) in [5.74, 6) is -1.82. The number of nitrogens with one attached hydrogen (secondary N) is 1. The van der Waals surface area contributed by atoms with Gasteiger partial charge in [0.15, 0.2) is 11.6 Å². The Morgan fingerprint density at radius 3 is 2.58 bits per heavy atom. The Balaban J connectivity index is 1.70. The maximum absolute atomic E-state index is 15.0. The first kappa shape index (κ1) is 17.1. The van der Waals surface area contributed by atoms with Crippen LogP contribution in [0.2, 0.25) is 5.28 Å². The maximum Gasteiger partial charge on any atom is 0.308 e. The molecule has 3 aliphatic carbocycles. The summed E-state index contributed by atoms with van der Waals surface area (Å²) >= 11 is 5.99. The van der Waals surface area contributed by atoms with Gasteiger partial charge in [-0.25, -0.2) is 9.37 Å². The minimum Gasteiger partial charge on any atom is -0.481 e. The van der Waals surface area contributed by atoms with Gasteiger partial charge in [0.1, 0.15) is 5.69 Å². The molecule has 2 heterocycles. The third-order valence-corrected chi connectivity index (χ3v) is 5.71. The Kier molecular flexibility index (Phi) is 4.48. The van der Waals surface area contributed by atoms with Crippen molar-refractivity contribution in [3.8, 4) is 11.4 Å². The fraction of sp³-hybridized carbons (Fsp3) is 0.444. The van der Waals surface area contributed by atoms with Crippen molar-refractivity contribution in [2.75, 3.05) is 5.32 Å². The quantitative estimate of drug-likeness (QED) is 0.792. The largest absolute Gasteiger partial charge is 0.481 e. The second kappa shape index (κ2) is 6.79. The Morgan fingerprint density at radius 1 is 1.19 bits per heavy atom. The van der Waals surface area contributed by atoms with Gasteiger partial charge in [0.2, 0.25) is 5.28 Å². The molecule has 2 atom stereocenters. The first-order valence-corrected chi connectivity index (χ1v) is 9.06. The van der Waals surface area contributed by atoms with Crippen molar-refractivity contribution in [1.82, 2.24) is 15.0 Å². The average Bonchev–Trinajstić information content (AvgIpc) is 2.65. The second-order valence-electron chi connectivity index (χ2n) is 6.93. The standard InChI is InChI=1S/C18H18ClFN4O2/c19-18-23-15(11-3-1-2-8-21-11)13(20)16(24-18)22-14-10-6-4-9(5-7-10)12(14)17(25)26/h1-3,8-10,12,14H,4-7H2,(H,25,26)(H,22,23,24). The summed E-state index contributed by atoms with van der Waals surface area (Å²) < 4.78 is 15.0. The molecule has 0 radical (unpaired) electrons. The van der Waals surface area contributed by atoms with Gasteiger partial charge in [0, 0.05) is 12.2 Å². The fourth-order valence-electron chi connectivity index (χ4n) is 4.36. The van der Waals surface area contributed by atoms with E-state index >= 15 is 4.39 Å². The van der Waals surface area contributed by atoms with Gasteiger partial charge in [0.25, 0.3) is 0 Å². The highest BCUT2D eigenvalue weighted by atomic mass is 35.5. The van der Waals surface area contributed by atoms with Crippen LogP contribution in [0.5, 0.6) is 0 Å². The summed E-state index contributed by atoms with van der Waals surface area (Å²) in [6, 6.07) is 4.72. The Morgan fingerprint density at radius 2 is 1.92 bits per heavy atom. The number of anilines is 1. The number of nitrogens with zero attached hydrogens (tertiary/aromatic N) is 3. The van der Waals surface area contributed by atoms with Gasteiger partial charge in [-0.3, -0.25) is 9.78 Å². The van der Waals surface area contributed by atoms with E-state index in [0.717, 1.165) is 25.7 Å². The van der Waals surface area contributed by atoms with Gasteiger partial charge in [-0.05, 0) is 61.3 Å².